The Morgan fingerprint density at radius 1 is 0.0867 bits per heavy atom. The first-order chi connectivity index (χ1) is 74.4. The monoisotopic (exact) mass is 1900 g/mol. The van der Waals surface area contributed by atoms with Crippen LogP contribution in [0, 0.1) is 0 Å². The highest BCUT2D eigenvalue weighted by molar-refractivity contribution is 6.94. The molecule has 24 aromatic rings. The fraction of sp³-hybridized carbons (Fsp3) is 0. The highest BCUT2D eigenvalue weighted by Crippen LogP contribution is 2.54. The van der Waals surface area contributed by atoms with Crippen LogP contribution in [0.1, 0.15) is 0 Å². The molecular weight excluding hydrogens is 1800 g/mol. The molecule has 0 bridgehead atoms. The third kappa shape index (κ3) is 15.7. The van der Waals surface area contributed by atoms with Crippen molar-refractivity contribution in [2.24, 2.45) is 0 Å². The van der Waals surface area contributed by atoms with Gasteiger partial charge in [-0.2, -0.15) is 0 Å². The van der Waals surface area contributed by atoms with Crippen LogP contribution in [-0.2, 0) is 0 Å². The van der Waals surface area contributed by atoms with Crippen molar-refractivity contribution in [3.05, 3.63) is 582 Å². The lowest BCUT2D eigenvalue weighted by molar-refractivity contribution is 1.35. The highest BCUT2D eigenvalue weighted by Gasteiger charge is 2.47. The summed E-state index contributed by atoms with van der Waals surface area (Å²) in [5.74, 6) is 0. The van der Waals surface area contributed by atoms with Crippen molar-refractivity contribution in [2.45, 2.75) is 0 Å². The number of rotatable bonds is 12. The molecule has 0 fully saturated rings. The lowest BCUT2D eigenvalue weighted by Crippen LogP contribution is -2.59. The van der Waals surface area contributed by atoms with Gasteiger partial charge in [0.1, 0.15) is 0 Å². The average molecular weight is 1900 g/mol. The molecule has 0 amide bonds. The van der Waals surface area contributed by atoms with Crippen molar-refractivity contribution in [1.82, 2.24) is 0 Å². The fourth-order valence-electron chi connectivity index (χ4n) is 24.4. The molecule has 6 heterocycles. The van der Waals surface area contributed by atoms with Crippen molar-refractivity contribution in [2.75, 3.05) is 14.4 Å². The Kier molecular flexibility index (Phi) is 22.3. The third-order valence-corrected chi connectivity index (χ3v) is 31.5. The van der Waals surface area contributed by atoms with E-state index in [1.165, 1.54) is 267 Å². The van der Waals surface area contributed by atoms with Crippen molar-refractivity contribution >= 4 is 87.4 Å². The number of fused-ring (bicyclic) bond motifs is 33. The van der Waals surface area contributed by atoms with Crippen LogP contribution in [0.5, 0.6) is 0 Å². The molecule has 24 aromatic carbocycles. The van der Waals surface area contributed by atoms with Gasteiger partial charge in [0.2, 0.25) is 0 Å². The summed E-state index contributed by atoms with van der Waals surface area (Å²) in [6.45, 7) is 0.0914. The number of hydrogen-bond donors (Lipinski definition) is 0. The predicted molar refractivity (Wildman–Crippen MR) is 638 cm³/mol. The van der Waals surface area contributed by atoms with Gasteiger partial charge in [-0.25, -0.2) is 0 Å². The molecule has 0 unspecified atom stereocenters. The van der Waals surface area contributed by atoms with Gasteiger partial charge in [-0.3, -0.25) is 0 Å². The molecule has 6 aliphatic rings. The summed E-state index contributed by atoms with van der Waals surface area (Å²) in [7, 11) is 0. The zero-order valence-corrected chi connectivity index (χ0v) is 82.5. The number of nitrogens with zero attached hydrogens (tertiary/aromatic N) is 3. The van der Waals surface area contributed by atoms with Gasteiger partial charge in [0, 0.05) is 67.5 Å². The molecule has 696 valence electrons. The number of anilines is 6. The smallest absolute Gasteiger partial charge is 0.329 e. The van der Waals surface area contributed by atoms with Crippen LogP contribution in [0.4, 0.5) is 34.1 Å². The third-order valence-electron chi connectivity index (χ3n) is 31.5. The topological polar surface area (TPSA) is 9.72 Å². The van der Waals surface area contributed by atoms with Gasteiger partial charge in [-0.1, -0.05) is 504 Å². The van der Waals surface area contributed by atoms with Crippen LogP contribution in [0.2, 0.25) is 0 Å². The molecule has 0 N–H and O–H groups in total. The van der Waals surface area contributed by atoms with Crippen molar-refractivity contribution < 1.29 is 0 Å². The minimum Gasteiger partial charge on any atom is -0.376 e. The van der Waals surface area contributed by atoms with E-state index in [9.17, 15) is 0 Å². The van der Waals surface area contributed by atoms with Gasteiger partial charge in [0.05, 0.1) is 0 Å². The van der Waals surface area contributed by atoms with E-state index >= 15 is 0 Å². The highest BCUT2D eigenvalue weighted by atomic mass is 15.1. The lowest BCUT2D eigenvalue weighted by Gasteiger charge is -2.43. The van der Waals surface area contributed by atoms with Gasteiger partial charge in [0.15, 0.2) is 0 Å². The molecule has 0 atom stereocenters. The summed E-state index contributed by atoms with van der Waals surface area (Å²) >= 11 is 0. The van der Waals surface area contributed by atoms with E-state index in [0.717, 1.165) is 0 Å². The van der Waals surface area contributed by atoms with Crippen LogP contribution < -0.4 is 47.2 Å². The molecule has 30 rings (SSSR count). The molecule has 0 aromatic heterocycles. The van der Waals surface area contributed by atoms with E-state index in [0.29, 0.717) is 0 Å². The van der Waals surface area contributed by atoms with Gasteiger partial charge < -0.3 is 14.4 Å². The molecule has 0 saturated heterocycles. The largest absolute Gasteiger partial charge is 0.376 e. The Balaban J connectivity index is 0.000000108. The molecule has 0 spiro atoms. The second-order valence-corrected chi connectivity index (χ2v) is 39.9. The molecular formula is C144H96B3N3. The van der Waals surface area contributed by atoms with Crippen molar-refractivity contribution in [3.63, 3.8) is 0 Å². The van der Waals surface area contributed by atoms with Crippen molar-refractivity contribution in [1.29, 1.82) is 0 Å². The maximum absolute atomic E-state index is 2.60. The van der Waals surface area contributed by atoms with Crippen LogP contribution in [0.25, 0.3) is 200 Å². The van der Waals surface area contributed by atoms with Crippen LogP contribution >= 0.6 is 0 Å². The molecule has 6 aliphatic heterocycles. The van der Waals surface area contributed by atoms with Crippen LogP contribution in [0.15, 0.2) is 582 Å². The zero-order chi connectivity index (χ0) is 99.1. The normalized spacial score (nSPS) is 12.3. The van der Waals surface area contributed by atoms with E-state index in [1.807, 2.05) is 0 Å². The van der Waals surface area contributed by atoms with E-state index in [1.54, 1.807) is 0 Å². The quantitative estimate of drug-likeness (QED) is 0.113. The molecule has 3 nitrogen and oxygen atoms in total. The van der Waals surface area contributed by atoms with Gasteiger partial charge in [-0.05, 0) is 279 Å². The zero-order valence-electron chi connectivity index (χ0n) is 82.5. The van der Waals surface area contributed by atoms with Crippen molar-refractivity contribution in [3.8, 4) is 200 Å². The minimum absolute atomic E-state index is 0.0233. The van der Waals surface area contributed by atoms with E-state index < -0.39 is 0 Å². The van der Waals surface area contributed by atoms with Crippen LogP contribution in [0.3, 0.4) is 0 Å². The number of benzene rings is 24. The first-order valence-corrected chi connectivity index (χ1v) is 52.1. The Labute approximate surface area is 878 Å². The molecule has 150 heavy (non-hydrogen) atoms. The summed E-state index contributed by atoms with van der Waals surface area (Å²) in [6, 6.07) is 214. The number of hydrogen-bond acceptors (Lipinski definition) is 3. The Morgan fingerprint density at radius 3 is 0.527 bits per heavy atom. The summed E-state index contributed by atoms with van der Waals surface area (Å²) in [6.07, 6.45) is 0. The summed E-state index contributed by atoms with van der Waals surface area (Å²) in [4.78, 5) is 7.80. The molecule has 0 aliphatic carbocycles. The predicted octanol–water partition coefficient (Wildman–Crippen LogP) is 33.8. The second kappa shape index (κ2) is 37.8. The molecule has 0 saturated carbocycles. The maximum atomic E-state index is 2.60. The van der Waals surface area contributed by atoms with E-state index in [-0.39, 0.29) is 20.5 Å². The summed E-state index contributed by atoms with van der Waals surface area (Å²) in [5, 5.41) is 0. The van der Waals surface area contributed by atoms with Gasteiger partial charge in [-0.15, -0.1) is 0 Å². The SMILES string of the molecule is c1ccc(-c2ccc(-c3ccc4c(c3)B3c5ccccc5-c5cc(-c6ccccc6)ccc5N3c3ccc(-c5ccccc5)cc3-4)cc2)cc1.c1ccc(-c2ccc3c(c2)-c2ccccc2B2c4cc(-c5ccccc5-c5ccccc5)ccc4-c4cc(-c5ccccc5)ccc4N23)cc1.c1ccc(-c2cccc(-c3ccc4c(c3)B3c5ccccc5-c5cc(-c6ccccc6)ccc5N3c3ccc(-c5ccccc5)cc3-4)c2)cc1. The standard InChI is InChI=1S/3C48H32BN/c1-4-14-33(15-5-1)36-25-28-47-43(30-36)41-22-12-13-23-45(41)49-46-32-38(40-21-11-10-20-39(40)35-18-8-3-9-19-35)24-27-42(46)44-31-37(26-29-48(44)50(47)49)34-16-6-2-7-17-34;1-4-13-33(14-5-1)36-19-12-20-37(29-36)40-23-26-42-44-31-39(35-17-8-3-9-18-35)25-28-48(44)50-47-27-24-38(34-15-6-2-7-16-34)30-43(47)41-21-10-11-22-45(41)49(50)46(42)32-40;1-4-12-33(13-5-1)36-20-22-37(23-21-36)40-24-27-42-44-31-39(35-16-8-3-9-17-35)26-29-48(44)50-47-28-25-38(34-14-6-2-7-15-34)30-43(47)41-18-10-11-19-45(41)49(50)46(42)32-40/h3*1-32H. The Hall–Kier alpha value is -19.1. The molecule has 0 radical (unpaired) electrons. The van der Waals surface area contributed by atoms with E-state index in [4.69, 9.17) is 0 Å². The fourth-order valence-corrected chi connectivity index (χ4v) is 24.4. The lowest BCUT2D eigenvalue weighted by atomic mass is 9.43. The first kappa shape index (κ1) is 88.6. The average Bonchev–Trinajstić information content (AvgIpc) is 0.709. The minimum atomic E-state index is 0.0233. The Morgan fingerprint density at radius 2 is 0.247 bits per heavy atom. The maximum Gasteiger partial charge on any atom is 0.329 e. The Bertz CT molecular complexity index is 9310. The second-order valence-electron chi connectivity index (χ2n) is 39.9. The first-order valence-electron chi connectivity index (χ1n) is 52.1. The van der Waals surface area contributed by atoms with E-state index in [2.05, 4.69) is 597 Å². The van der Waals surface area contributed by atoms with Crippen LogP contribution in [-0.4, -0.2) is 20.5 Å². The molecule has 6 heteroatoms. The summed E-state index contributed by atoms with van der Waals surface area (Å²) < 4.78 is 0. The van der Waals surface area contributed by atoms with Gasteiger partial charge >= 0.3 is 20.5 Å². The van der Waals surface area contributed by atoms with Gasteiger partial charge in [0.25, 0.3) is 0 Å². The summed E-state index contributed by atoms with van der Waals surface area (Å²) in [5.41, 5.74) is 60.3.